The minimum absolute atomic E-state index is 0.0742. The molecule has 24 heavy (non-hydrogen) atoms. The summed E-state index contributed by atoms with van der Waals surface area (Å²) < 4.78 is 5.14. The van der Waals surface area contributed by atoms with Crippen molar-refractivity contribution in [2.24, 2.45) is 5.92 Å². The first kappa shape index (κ1) is 16.4. The van der Waals surface area contributed by atoms with Gasteiger partial charge in [0.2, 0.25) is 0 Å². The Labute approximate surface area is 141 Å². The van der Waals surface area contributed by atoms with Gasteiger partial charge in [-0.2, -0.15) is 0 Å². The number of piperidine rings is 1. The van der Waals surface area contributed by atoms with Crippen LogP contribution in [0.5, 0.6) is 0 Å². The van der Waals surface area contributed by atoms with Crippen LogP contribution in [0.3, 0.4) is 0 Å². The lowest BCUT2D eigenvalue weighted by atomic mass is 9.81. The summed E-state index contributed by atoms with van der Waals surface area (Å²) >= 11 is 0. The lowest BCUT2D eigenvalue weighted by Crippen LogP contribution is -2.46. The van der Waals surface area contributed by atoms with Crippen molar-refractivity contribution >= 4 is 11.8 Å². The molecule has 2 aromatic rings. The molecule has 4 heteroatoms. The number of Topliss-reactive ketones (excluding diaryl/α,β-unsaturated/α-hetero) is 1. The minimum atomic E-state index is -0.799. The number of benzene rings is 2. The summed E-state index contributed by atoms with van der Waals surface area (Å²) in [5, 5.41) is 3.48. The van der Waals surface area contributed by atoms with Crippen molar-refractivity contribution < 1.29 is 14.3 Å². The Bertz CT molecular complexity index is 699. The first-order valence-electron chi connectivity index (χ1n) is 8.26. The summed E-state index contributed by atoms with van der Waals surface area (Å²) in [6.45, 7) is 2.02. The molecule has 1 heterocycles. The summed E-state index contributed by atoms with van der Waals surface area (Å²) in [5.41, 5.74) is 1.97. The van der Waals surface area contributed by atoms with Gasteiger partial charge in [0.15, 0.2) is 5.78 Å². The molecule has 1 saturated heterocycles. The molecule has 1 N–H and O–H groups in total. The molecule has 0 aliphatic carbocycles. The van der Waals surface area contributed by atoms with E-state index in [-0.39, 0.29) is 30.9 Å². The summed E-state index contributed by atoms with van der Waals surface area (Å²) in [6.07, 6.45) is 0.289. The van der Waals surface area contributed by atoms with Crippen LogP contribution in [-0.4, -0.2) is 18.4 Å². The lowest BCUT2D eigenvalue weighted by molar-refractivity contribution is -0.154. The van der Waals surface area contributed by atoms with Gasteiger partial charge in [0.1, 0.15) is 5.92 Å². The van der Waals surface area contributed by atoms with E-state index >= 15 is 0 Å². The number of esters is 1. The minimum Gasteiger partial charge on any atom is -0.465 e. The van der Waals surface area contributed by atoms with Crippen LogP contribution in [0, 0.1) is 5.92 Å². The number of ketones is 1. The molecule has 0 saturated carbocycles. The van der Waals surface area contributed by atoms with Gasteiger partial charge in [-0.25, -0.2) is 0 Å². The third-order valence-corrected chi connectivity index (χ3v) is 4.37. The van der Waals surface area contributed by atoms with Crippen molar-refractivity contribution in [1.29, 1.82) is 0 Å². The zero-order valence-corrected chi connectivity index (χ0v) is 13.6. The smallest absolute Gasteiger partial charge is 0.318 e. The molecule has 1 aliphatic heterocycles. The van der Waals surface area contributed by atoms with E-state index in [1.54, 1.807) is 6.92 Å². The van der Waals surface area contributed by atoms with Crippen molar-refractivity contribution in [3.63, 3.8) is 0 Å². The number of carbonyl (C=O) groups is 2. The molecule has 0 unspecified atom stereocenters. The monoisotopic (exact) mass is 323 g/mol. The van der Waals surface area contributed by atoms with Crippen LogP contribution in [0.25, 0.3) is 0 Å². The Hall–Kier alpha value is -2.46. The third-order valence-electron chi connectivity index (χ3n) is 4.37. The Morgan fingerprint density at radius 2 is 1.62 bits per heavy atom. The first-order valence-corrected chi connectivity index (χ1v) is 8.26. The van der Waals surface area contributed by atoms with Gasteiger partial charge in [-0.1, -0.05) is 60.7 Å². The topological polar surface area (TPSA) is 55.4 Å². The van der Waals surface area contributed by atoms with E-state index < -0.39 is 11.9 Å². The van der Waals surface area contributed by atoms with Crippen molar-refractivity contribution in [2.75, 3.05) is 6.61 Å². The normalized spacial score (nSPS) is 23.7. The summed E-state index contributed by atoms with van der Waals surface area (Å²) in [7, 11) is 0. The molecule has 3 atom stereocenters. The number of hydrogen-bond acceptors (Lipinski definition) is 4. The molecule has 1 aliphatic rings. The quantitative estimate of drug-likeness (QED) is 0.693. The Morgan fingerprint density at radius 3 is 2.21 bits per heavy atom. The van der Waals surface area contributed by atoms with Gasteiger partial charge >= 0.3 is 5.97 Å². The maximum atomic E-state index is 12.7. The summed E-state index contributed by atoms with van der Waals surface area (Å²) in [4.78, 5) is 25.1. The molecule has 124 valence electrons. The highest BCUT2D eigenvalue weighted by Gasteiger charge is 2.42. The lowest BCUT2D eigenvalue weighted by Gasteiger charge is -2.35. The third kappa shape index (κ3) is 3.39. The Balaban J connectivity index is 1.93. The van der Waals surface area contributed by atoms with Crippen LogP contribution in [-0.2, 0) is 14.3 Å². The zero-order chi connectivity index (χ0) is 16.9. The van der Waals surface area contributed by atoms with Crippen molar-refractivity contribution in [3.8, 4) is 0 Å². The van der Waals surface area contributed by atoms with E-state index in [2.05, 4.69) is 5.32 Å². The highest BCUT2D eigenvalue weighted by Crippen LogP contribution is 2.35. The van der Waals surface area contributed by atoms with Gasteiger partial charge < -0.3 is 10.1 Å². The zero-order valence-electron chi connectivity index (χ0n) is 13.6. The fourth-order valence-electron chi connectivity index (χ4n) is 3.23. The van der Waals surface area contributed by atoms with Gasteiger partial charge in [0.05, 0.1) is 12.6 Å². The highest BCUT2D eigenvalue weighted by molar-refractivity contribution is 6.01. The molecule has 0 aromatic heterocycles. The van der Waals surface area contributed by atoms with Crippen molar-refractivity contribution in [1.82, 2.24) is 5.32 Å². The molecular formula is C20H21NO3. The molecule has 0 bridgehead atoms. The second-order valence-electron chi connectivity index (χ2n) is 5.92. The molecule has 4 nitrogen and oxygen atoms in total. The Morgan fingerprint density at radius 1 is 1.04 bits per heavy atom. The molecule has 0 amide bonds. The fraction of sp³-hybridized carbons (Fsp3) is 0.300. The second-order valence-corrected chi connectivity index (χ2v) is 5.92. The maximum absolute atomic E-state index is 12.7. The van der Waals surface area contributed by atoms with Crippen molar-refractivity contribution in [3.05, 3.63) is 71.8 Å². The molecule has 3 rings (SSSR count). The van der Waals surface area contributed by atoms with E-state index in [1.165, 1.54) is 0 Å². The Kier molecular flexibility index (Phi) is 5.06. The van der Waals surface area contributed by atoms with E-state index in [4.69, 9.17) is 4.74 Å². The predicted molar refractivity (Wildman–Crippen MR) is 91.2 cm³/mol. The van der Waals surface area contributed by atoms with E-state index in [9.17, 15) is 9.59 Å². The van der Waals surface area contributed by atoms with E-state index in [0.717, 1.165) is 11.1 Å². The molecule has 2 aromatic carbocycles. The number of carbonyl (C=O) groups excluding carboxylic acids is 2. The van der Waals surface area contributed by atoms with Crippen LogP contribution >= 0.6 is 0 Å². The van der Waals surface area contributed by atoms with E-state index in [0.29, 0.717) is 0 Å². The van der Waals surface area contributed by atoms with Gasteiger partial charge in [-0.3, -0.25) is 9.59 Å². The maximum Gasteiger partial charge on any atom is 0.318 e. The molecule has 0 spiro atoms. The summed E-state index contributed by atoms with van der Waals surface area (Å²) in [6, 6.07) is 19.0. The standard InChI is InChI=1S/C20H21NO3/c1-2-24-20(23)18-17(22)13-16(14-9-5-3-6-10-14)21-19(18)15-11-7-4-8-12-15/h3-12,16,18-19,21H,2,13H2,1H3/t16-,18+,19-/m0/s1. The van der Waals surface area contributed by atoms with Gasteiger partial charge in [-0.05, 0) is 18.1 Å². The molecule has 1 fully saturated rings. The van der Waals surface area contributed by atoms with Gasteiger partial charge in [0.25, 0.3) is 0 Å². The average Bonchev–Trinajstić information content (AvgIpc) is 2.62. The number of rotatable bonds is 4. The predicted octanol–water partition coefficient (Wildman–Crippen LogP) is 3.21. The van der Waals surface area contributed by atoms with Crippen LogP contribution in [0.4, 0.5) is 0 Å². The summed E-state index contributed by atoms with van der Waals surface area (Å²) in [5.74, 6) is -1.32. The van der Waals surface area contributed by atoms with Gasteiger partial charge in [-0.15, -0.1) is 0 Å². The highest BCUT2D eigenvalue weighted by atomic mass is 16.5. The second kappa shape index (κ2) is 7.41. The SMILES string of the molecule is CCOC(=O)[C@@H]1C(=O)C[C@@H](c2ccccc2)N[C@H]1c1ccccc1. The largest absolute Gasteiger partial charge is 0.465 e. The molecule has 0 radical (unpaired) electrons. The van der Waals surface area contributed by atoms with Crippen LogP contribution < -0.4 is 5.32 Å². The number of nitrogens with one attached hydrogen (secondary N) is 1. The van der Waals surface area contributed by atoms with Crippen LogP contribution in [0.2, 0.25) is 0 Å². The van der Waals surface area contributed by atoms with Crippen LogP contribution in [0.15, 0.2) is 60.7 Å². The van der Waals surface area contributed by atoms with E-state index in [1.807, 2.05) is 60.7 Å². The first-order chi connectivity index (χ1) is 11.7. The number of ether oxygens (including phenoxy) is 1. The average molecular weight is 323 g/mol. The van der Waals surface area contributed by atoms with Crippen LogP contribution in [0.1, 0.15) is 36.6 Å². The van der Waals surface area contributed by atoms with Crippen molar-refractivity contribution in [2.45, 2.75) is 25.4 Å². The fourth-order valence-corrected chi connectivity index (χ4v) is 3.23. The van der Waals surface area contributed by atoms with Gasteiger partial charge in [0, 0.05) is 12.5 Å². The molecular weight excluding hydrogens is 302 g/mol. The number of hydrogen-bond donors (Lipinski definition) is 1.